The summed E-state index contributed by atoms with van der Waals surface area (Å²) in [5.74, 6) is -1.24. The summed E-state index contributed by atoms with van der Waals surface area (Å²) in [6, 6.07) is 7.22. The van der Waals surface area contributed by atoms with Crippen LogP contribution in [0.2, 0.25) is 0 Å². The second-order valence-corrected chi connectivity index (χ2v) is 6.42. The molecule has 1 aliphatic rings. The summed E-state index contributed by atoms with van der Waals surface area (Å²) >= 11 is 0. The van der Waals surface area contributed by atoms with Crippen molar-refractivity contribution in [2.75, 3.05) is 5.32 Å². The zero-order valence-corrected chi connectivity index (χ0v) is 14.7. The Hall–Kier alpha value is -3.60. The number of aromatic amines is 1. The number of halogens is 4. The van der Waals surface area contributed by atoms with Gasteiger partial charge in [-0.05, 0) is 30.3 Å². The molecule has 7 nitrogen and oxygen atoms in total. The first-order valence-corrected chi connectivity index (χ1v) is 8.36. The minimum absolute atomic E-state index is 0.00766. The Morgan fingerprint density at radius 2 is 1.90 bits per heavy atom. The first kappa shape index (κ1) is 18.7. The number of benzene rings is 1. The van der Waals surface area contributed by atoms with E-state index in [9.17, 15) is 17.6 Å². The fourth-order valence-electron chi connectivity index (χ4n) is 3.03. The van der Waals surface area contributed by atoms with E-state index in [0.717, 1.165) is 11.5 Å². The van der Waals surface area contributed by atoms with Crippen molar-refractivity contribution in [1.29, 1.82) is 0 Å². The van der Waals surface area contributed by atoms with Crippen molar-refractivity contribution in [3.05, 3.63) is 65.9 Å². The highest BCUT2D eigenvalue weighted by Gasteiger charge is 2.40. The number of alkyl halides is 3. The number of guanidine groups is 1. The number of H-pyrrole nitrogens is 1. The largest absolute Gasteiger partial charge is 0.431 e. The van der Waals surface area contributed by atoms with Gasteiger partial charge in [0.2, 0.25) is 0 Å². The van der Waals surface area contributed by atoms with Crippen LogP contribution in [0, 0.1) is 5.82 Å². The van der Waals surface area contributed by atoms with Crippen LogP contribution in [0.5, 0.6) is 0 Å². The maximum Gasteiger partial charge on any atom is 0.431 e. The van der Waals surface area contributed by atoms with Crippen LogP contribution in [0.4, 0.5) is 28.9 Å². The van der Waals surface area contributed by atoms with Gasteiger partial charge in [0, 0.05) is 23.3 Å². The van der Waals surface area contributed by atoms with Gasteiger partial charge in [-0.15, -0.1) is 0 Å². The molecule has 1 aromatic carbocycles. The number of aliphatic imine (C=N–C) groups is 1. The molecule has 4 rings (SSSR count). The van der Waals surface area contributed by atoms with Crippen molar-refractivity contribution < 1.29 is 17.6 Å². The Morgan fingerprint density at radius 3 is 2.62 bits per heavy atom. The van der Waals surface area contributed by atoms with Crippen LogP contribution < -0.4 is 22.1 Å². The van der Waals surface area contributed by atoms with Crippen molar-refractivity contribution >= 4 is 28.4 Å². The normalized spacial score (nSPS) is 19.5. The van der Waals surface area contributed by atoms with Gasteiger partial charge in [-0.1, -0.05) is 6.07 Å². The van der Waals surface area contributed by atoms with Crippen molar-refractivity contribution in [3.63, 3.8) is 0 Å². The van der Waals surface area contributed by atoms with Gasteiger partial charge >= 0.3 is 6.18 Å². The summed E-state index contributed by atoms with van der Waals surface area (Å²) in [5, 5.41) is 5.61. The highest BCUT2D eigenvalue weighted by Crippen LogP contribution is 2.34. The maximum absolute atomic E-state index is 14.7. The van der Waals surface area contributed by atoms with E-state index in [0.29, 0.717) is 17.4 Å². The standard InChI is InChI=1S/C18H15F4N7/c19-11-7-9(17(24)8-14(18(20,21)22)28-16(23)29-17)1-2-13(11)27-12-4-6-26-15-10(12)3-5-25-15/h1-8H,24H2,(H3,23,28,29)(H2,25,26,27). The molecule has 0 saturated carbocycles. The Bertz CT molecular complexity index is 1150. The van der Waals surface area contributed by atoms with Crippen molar-refractivity contribution in [2.24, 2.45) is 16.5 Å². The molecule has 0 aliphatic carbocycles. The number of nitrogens with two attached hydrogens (primary N) is 2. The molecule has 0 radical (unpaired) electrons. The molecule has 0 spiro atoms. The molecule has 150 valence electrons. The molecule has 29 heavy (non-hydrogen) atoms. The summed E-state index contributed by atoms with van der Waals surface area (Å²) in [6.45, 7) is 0. The molecule has 3 heterocycles. The van der Waals surface area contributed by atoms with Crippen LogP contribution in [0.15, 0.2) is 59.5 Å². The van der Waals surface area contributed by atoms with E-state index in [4.69, 9.17) is 11.5 Å². The quantitative estimate of drug-likeness (QED) is 0.430. The molecule has 7 N–H and O–H groups in total. The average molecular weight is 405 g/mol. The fourth-order valence-corrected chi connectivity index (χ4v) is 3.03. The molecular weight excluding hydrogens is 390 g/mol. The van der Waals surface area contributed by atoms with Gasteiger partial charge in [-0.3, -0.25) is 5.73 Å². The molecule has 0 saturated heterocycles. The molecular formula is C18H15F4N7. The highest BCUT2D eigenvalue weighted by molar-refractivity contribution is 5.91. The minimum Gasteiger partial charge on any atom is -0.370 e. The number of rotatable bonds is 3. The van der Waals surface area contributed by atoms with Crippen LogP contribution in [-0.2, 0) is 5.66 Å². The van der Waals surface area contributed by atoms with Gasteiger partial charge in [0.15, 0.2) is 11.6 Å². The third-order valence-electron chi connectivity index (χ3n) is 4.40. The van der Waals surface area contributed by atoms with E-state index in [1.165, 1.54) is 12.1 Å². The molecule has 1 unspecified atom stereocenters. The van der Waals surface area contributed by atoms with E-state index in [-0.39, 0.29) is 11.3 Å². The van der Waals surface area contributed by atoms with E-state index in [2.05, 4.69) is 20.3 Å². The summed E-state index contributed by atoms with van der Waals surface area (Å²) in [7, 11) is 0. The molecule has 11 heteroatoms. The summed E-state index contributed by atoms with van der Waals surface area (Å²) < 4.78 is 54.0. The Morgan fingerprint density at radius 1 is 1.10 bits per heavy atom. The summed E-state index contributed by atoms with van der Waals surface area (Å²) in [6.07, 6.45) is -0.797. The van der Waals surface area contributed by atoms with E-state index >= 15 is 0 Å². The van der Waals surface area contributed by atoms with Gasteiger partial charge in [0.25, 0.3) is 0 Å². The van der Waals surface area contributed by atoms with Crippen LogP contribution in [0.1, 0.15) is 5.56 Å². The van der Waals surface area contributed by atoms with Gasteiger partial charge in [0.05, 0.1) is 11.4 Å². The minimum atomic E-state index is -4.71. The number of hydrogen-bond donors (Lipinski definition) is 5. The van der Waals surface area contributed by atoms with Crippen LogP contribution >= 0.6 is 0 Å². The number of fused-ring (bicyclic) bond motifs is 1. The van der Waals surface area contributed by atoms with E-state index in [1.54, 1.807) is 24.5 Å². The maximum atomic E-state index is 14.7. The molecule has 2 aromatic heterocycles. The lowest BCUT2D eigenvalue weighted by molar-refractivity contribution is -0.0959. The first-order valence-electron chi connectivity index (χ1n) is 8.36. The highest BCUT2D eigenvalue weighted by atomic mass is 19.4. The molecule has 0 bridgehead atoms. The topological polar surface area (TPSA) is 117 Å². The van der Waals surface area contributed by atoms with Crippen LogP contribution in [-0.4, -0.2) is 22.1 Å². The number of pyridine rings is 1. The lowest BCUT2D eigenvalue weighted by Crippen LogP contribution is -2.47. The Labute approximate surface area is 161 Å². The fraction of sp³-hybridized carbons (Fsp3) is 0.111. The number of aromatic nitrogens is 2. The van der Waals surface area contributed by atoms with Crippen molar-refractivity contribution in [1.82, 2.24) is 15.3 Å². The van der Waals surface area contributed by atoms with Crippen molar-refractivity contribution in [3.8, 4) is 0 Å². The molecule has 1 atom stereocenters. The van der Waals surface area contributed by atoms with Gasteiger partial charge in [-0.25, -0.2) is 14.4 Å². The smallest absolute Gasteiger partial charge is 0.370 e. The van der Waals surface area contributed by atoms with Crippen LogP contribution in [0.3, 0.4) is 0 Å². The number of anilines is 2. The molecule has 0 amide bonds. The van der Waals surface area contributed by atoms with Gasteiger partial charge < -0.3 is 21.4 Å². The first-order chi connectivity index (χ1) is 13.7. The van der Waals surface area contributed by atoms with E-state index in [1.807, 2.05) is 5.32 Å². The average Bonchev–Trinajstić information content (AvgIpc) is 3.11. The predicted molar refractivity (Wildman–Crippen MR) is 101 cm³/mol. The zero-order chi connectivity index (χ0) is 20.8. The number of allylic oxidation sites excluding steroid dienone is 1. The molecule has 3 aromatic rings. The third kappa shape index (κ3) is 3.47. The summed E-state index contributed by atoms with van der Waals surface area (Å²) in [4.78, 5) is 10.9. The predicted octanol–water partition coefficient (Wildman–Crippen LogP) is 2.92. The Balaban J connectivity index is 1.69. The van der Waals surface area contributed by atoms with Crippen LogP contribution in [0.25, 0.3) is 11.0 Å². The third-order valence-corrected chi connectivity index (χ3v) is 4.40. The second kappa shape index (κ2) is 6.48. The van der Waals surface area contributed by atoms with Gasteiger partial charge in [0.1, 0.15) is 17.2 Å². The van der Waals surface area contributed by atoms with E-state index < -0.39 is 29.3 Å². The number of nitrogens with zero attached hydrogens (tertiary/aromatic N) is 2. The number of nitrogens with one attached hydrogen (secondary N) is 3. The van der Waals surface area contributed by atoms with Gasteiger partial charge in [-0.2, -0.15) is 13.2 Å². The Kier molecular flexibility index (Phi) is 4.19. The lowest BCUT2D eigenvalue weighted by Gasteiger charge is -2.29. The molecule has 1 aliphatic heterocycles. The lowest BCUT2D eigenvalue weighted by atomic mass is 9.97. The monoisotopic (exact) mass is 405 g/mol. The number of hydrogen-bond acceptors (Lipinski definition) is 6. The SMILES string of the molecule is NC1=NC(N)(c2ccc(Nc3ccnc4[nH]ccc34)c(F)c2)C=C(C(F)(F)F)N1. The molecule has 0 fully saturated rings. The van der Waals surface area contributed by atoms with Crippen molar-refractivity contribution in [2.45, 2.75) is 11.8 Å². The second-order valence-electron chi connectivity index (χ2n) is 6.42. The zero-order valence-electron chi connectivity index (χ0n) is 14.7. The summed E-state index contributed by atoms with van der Waals surface area (Å²) in [5.41, 5.74) is 9.67.